The zero-order valence-corrected chi connectivity index (χ0v) is 29.9. The summed E-state index contributed by atoms with van der Waals surface area (Å²) < 4.78 is 9.44. The number of carbonyl (C=O) groups excluding carboxylic acids is 2. The van der Waals surface area contributed by atoms with Crippen LogP contribution in [0, 0.1) is 0 Å². The molecule has 0 rings (SSSR count). The van der Waals surface area contributed by atoms with Gasteiger partial charge in [-0.2, -0.15) is 0 Å². The first-order chi connectivity index (χ1) is 21.9. The summed E-state index contributed by atoms with van der Waals surface area (Å²) in [5.41, 5.74) is 8.47. The van der Waals surface area contributed by atoms with Gasteiger partial charge in [0.05, 0.1) is 14.2 Å². The number of allylic oxidation sites excluding steroid dienone is 24. The van der Waals surface area contributed by atoms with E-state index in [1.807, 2.05) is 24.3 Å². The summed E-state index contributed by atoms with van der Waals surface area (Å²) in [7, 11) is 2.80. The van der Waals surface area contributed by atoms with Gasteiger partial charge in [0.25, 0.3) is 0 Å². The topological polar surface area (TPSA) is 52.6 Å². The molecule has 0 aromatic carbocycles. The highest BCUT2D eigenvalue weighted by molar-refractivity contribution is 5.87. The van der Waals surface area contributed by atoms with Crippen LogP contribution in [0.1, 0.15) is 81.1 Å². The van der Waals surface area contributed by atoms with Gasteiger partial charge in [-0.15, -0.1) is 0 Å². The van der Waals surface area contributed by atoms with Gasteiger partial charge in [-0.3, -0.25) is 0 Å². The second-order valence-corrected chi connectivity index (χ2v) is 11.3. The Labute approximate surface area is 279 Å². The molecular weight excluding hydrogens is 568 g/mol. The van der Waals surface area contributed by atoms with Crippen molar-refractivity contribution in [3.05, 3.63) is 154 Å². The van der Waals surface area contributed by atoms with Gasteiger partial charge >= 0.3 is 11.9 Å². The van der Waals surface area contributed by atoms with E-state index in [-0.39, 0.29) is 11.9 Å². The molecule has 0 radical (unpaired) electrons. The smallest absolute Gasteiger partial charge is 0.333 e. The summed E-state index contributed by atoms with van der Waals surface area (Å²) in [5.74, 6) is -0.542. The van der Waals surface area contributed by atoms with Crippen molar-refractivity contribution >= 4 is 11.9 Å². The maximum Gasteiger partial charge on any atom is 0.333 e. The van der Waals surface area contributed by atoms with E-state index >= 15 is 0 Å². The number of hydrogen-bond donors (Lipinski definition) is 0. The summed E-state index contributed by atoms with van der Waals surface area (Å²) in [6, 6.07) is 0. The van der Waals surface area contributed by atoms with Crippen molar-refractivity contribution in [1.29, 1.82) is 0 Å². The Bertz CT molecular complexity index is 1280. The van der Waals surface area contributed by atoms with Crippen LogP contribution in [0.4, 0.5) is 0 Å². The minimum atomic E-state index is -0.271. The highest BCUT2D eigenvalue weighted by atomic mass is 16.5. The molecule has 0 aromatic heterocycles. The molecule has 0 saturated heterocycles. The van der Waals surface area contributed by atoms with E-state index in [1.165, 1.54) is 47.7 Å². The van der Waals surface area contributed by atoms with E-state index < -0.39 is 0 Å². The molecule has 0 heterocycles. The molecular formula is C42H56O4. The van der Waals surface area contributed by atoms with Crippen molar-refractivity contribution in [2.75, 3.05) is 14.2 Å². The maximum absolute atomic E-state index is 11.4. The monoisotopic (exact) mass is 624 g/mol. The van der Waals surface area contributed by atoms with Gasteiger partial charge in [0.15, 0.2) is 0 Å². The quantitative estimate of drug-likeness (QED) is 0.0865. The molecule has 0 aromatic rings. The highest BCUT2D eigenvalue weighted by Crippen LogP contribution is 2.10. The van der Waals surface area contributed by atoms with E-state index in [0.29, 0.717) is 11.1 Å². The molecule has 0 atom stereocenters. The predicted molar refractivity (Wildman–Crippen MR) is 198 cm³/mol. The summed E-state index contributed by atoms with van der Waals surface area (Å²) in [6.45, 7) is 16.1. The lowest BCUT2D eigenvalue weighted by molar-refractivity contribution is -0.136. The van der Waals surface area contributed by atoms with Gasteiger partial charge in [-0.1, -0.05) is 143 Å². The highest BCUT2D eigenvalue weighted by Gasteiger charge is 2.02. The van der Waals surface area contributed by atoms with Crippen LogP contribution in [0.2, 0.25) is 0 Å². The minimum Gasteiger partial charge on any atom is -0.466 e. The first-order valence-corrected chi connectivity index (χ1v) is 15.8. The van der Waals surface area contributed by atoms with Crippen molar-refractivity contribution < 1.29 is 19.1 Å². The molecule has 0 aliphatic carbocycles. The van der Waals surface area contributed by atoms with Crippen LogP contribution in [0.5, 0.6) is 0 Å². The summed E-state index contributed by atoms with van der Waals surface area (Å²) in [6.07, 6.45) is 40.6. The Hall–Kier alpha value is -4.44. The molecule has 0 bridgehead atoms. The van der Waals surface area contributed by atoms with Gasteiger partial charge < -0.3 is 9.47 Å². The maximum atomic E-state index is 11.4. The first-order valence-electron chi connectivity index (χ1n) is 15.8. The number of esters is 2. The Morgan fingerprint density at radius 2 is 0.717 bits per heavy atom. The predicted octanol–water partition coefficient (Wildman–Crippen LogP) is 11.2. The van der Waals surface area contributed by atoms with Crippen LogP contribution in [-0.2, 0) is 19.1 Å². The van der Waals surface area contributed by atoms with Crippen molar-refractivity contribution in [2.24, 2.45) is 0 Å². The van der Waals surface area contributed by atoms with Crippen LogP contribution in [0.15, 0.2) is 154 Å². The molecule has 4 nitrogen and oxygen atoms in total. The molecule has 0 aliphatic rings. The molecule has 0 unspecified atom stereocenters. The third kappa shape index (κ3) is 23.0. The van der Waals surface area contributed by atoms with Crippen molar-refractivity contribution in [1.82, 2.24) is 0 Å². The molecule has 0 saturated carbocycles. The number of rotatable bonds is 18. The van der Waals surface area contributed by atoms with Gasteiger partial charge in [0.1, 0.15) is 0 Å². The van der Waals surface area contributed by atoms with Gasteiger partial charge in [-0.25, -0.2) is 9.59 Å². The van der Waals surface area contributed by atoms with E-state index in [4.69, 9.17) is 9.47 Å². The van der Waals surface area contributed by atoms with E-state index in [0.717, 1.165) is 25.7 Å². The fraction of sp³-hybridized carbons (Fsp3) is 0.333. The lowest BCUT2D eigenvalue weighted by Gasteiger charge is -1.99. The molecule has 0 fully saturated rings. The average molecular weight is 625 g/mol. The zero-order valence-electron chi connectivity index (χ0n) is 29.9. The standard InChI is InChI=1S/C42H56O4/c1-33(21-13-23-35(3)25-15-27-37(5)29-17-31-39(7)41(43)45-9)19-11-12-20-34(2)22-14-24-36(4)26-16-28-38(6)30-18-32-40(8)42(44)46-10/h11-16,19-28,31-32H,17-18,29-30H2,1-10H3/b12-11+,21-13+,22-14+,25-15+,26-16+,33-19+,34-20+,35-23+,36-24+,37-27+,38-28+,39-31+,40-32+. The Morgan fingerprint density at radius 1 is 0.435 bits per heavy atom. The normalized spacial score (nSPS) is 15.4. The second-order valence-electron chi connectivity index (χ2n) is 11.3. The molecule has 0 spiro atoms. The largest absolute Gasteiger partial charge is 0.466 e. The van der Waals surface area contributed by atoms with Crippen LogP contribution in [0.25, 0.3) is 0 Å². The van der Waals surface area contributed by atoms with Gasteiger partial charge in [0.2, 0.25) is 0 Å². The second kappa shape index (κ2) is 25.8. The zero-order chi connectivity index (χ0) is 34.7. The fourth-order valence-corrected chi connectivity index (χ4v) is 3.76. The first kappa shape index (κ1) is 41.6. The van der Waals surface area contributed by atoms with Crippen molar-refractivity contribution in [2.45, 2.75) is 81.1 Å². The van der Waals surface area contributed by atoms with E-state index in [9.17, 15) is 9.59 Å². The van der Waals surface area contributed by atoms with Crippen molar-refractivity contribution in [3.8, 4) is 0 Å². The minimum absolute atomic E-state index is 0.271. The van der Waals surface area contributed by atoms with Crippen LogP contribution in [0.3, 0.4) is 0 Å². The summed E-state index contributed by atoms with van der Waals surface area (Å²) in [4.78, 5) is 22.9. The molecule has 46 heavy (non-hydrogen) atoms. The summed E-state index contributed by atoms with van der Waals surface area (Å²) in [5, 5.41) is 0. The third-order valence-electron chi connectivity index (χ3n) is 6.74. The lowest BCUT2D eigenvalue weighted by atomic mass is 10.1. The van der Waals surface area contributed by atoms with Crippen molar-refractivity contribution in [3.63, 3.8) is 0 Å². The number of hydrogen-bond acceptors (Lipinski definition) is 4. The van der Waals surface area contributed by atoms with E-state index in [2.05, 4.69) is 127 Å². The Morgan fingerprint density at radius 3 is 1.02 bits per heavy atom. The van der Waals surface area contributed by atoms with Crippen LogP contribution >= 0.6 is 0 Å². The summed E-state index contributed by atoms with van der Waals surface area (Å²) >= 11 is 0. The molecule has 248 valence electrons. The van der Waals surface area contributed by atoms with Gasteiger partial charge in [-0.05, 0) is 81.1 Å². The number of ether oxygens (including phenoxy) is 2. The lowest BCUT2D eigenvalue weighted by Crippen LogP contribution is -2.01. The SMILES string of the molecule is COC(=O)/C(C)=C/CC/C(C)=C/C=C/C(C)=C/C=C/C(C)=C/C=C/C=C(C)/C=C/C=C(C)/C=C/C=C(\C)CC/C=C(\C)C(=O)OC. The van der Waals surface area contributed by atoms with Gasteiger partial charge in [0, 0.05) is 11.1 Å². The van der Waals surface area contributed by atoms with E-state index in [1.54, 1.807) is 13.8 Å². The molecule has 0 aliphatic heterocycles. The Kier molecular flexibility index (Phi) is 23.3. The number of carbonyl (C=O) groups is 2. The van der Waals surface area contributed by atoms with Crippen LogP contribution < -0.4 is 0 Å². The number of methoxy groups -OCH3 is 2. The van der Waals surface area contributed by atoms with Crippen LogP contribution in [-0.4, -0.2) is 26.2 Å². The fourth-order valence-electron chi connectivity index (χ4n) is 3.76. The Balaban J connectivity index is 4.75. The molecule has 0 N–H and O–H groups in total. The molecule has 0 amide bonds. The average Bonchev–Trinajstić information content (AvgIpc) is 3.02. The third-order valence-corrected chi connectivity index (χ3v) is 6.74. The molecule has 4 heteroatoms.